The molecule has 0 aromatic carbocycles. The topological polar surface area (TPSA) is 79.3 Å². The van der Waals surface area contributed by atoms with Crippen molar-refractivity contribution < 1.29 is 22.3 Å². The number of rotatable bonds is 7. The van der Waals surface area contributed by atoms with Crippen LogP contribution in [0.1, 0.15) is 18.0 Å². The van der Waals surface area contributed by atoms with Crippen molar-refractivity contribution >= 4 is 40.2 Å². The number of ether oxygens (including phenoxy) is 1. The van der Waals surface area contributed by atoms with Gasteiger partial charge in [-0.05, 0) is 6.42 Å². The van der Waals surface area contributed by atoms with Gasteiger partial charge in [0.2, 0.25) is 0 Å². The van der Waals surface area contributed by atoms with Gasteiger partial charge in [-0.2, -0.15) is 18.3 Å². The number of likely N-dealkylation sites (tertiary alicyclic amines) is 1. The van der Waals surface area contributed by atoms with Crippen LogP contribution >= 0.6 is 11.6 Å². The molecule has 2 saturated heterocycles. The van der Waals surface area contributed by atoms with Gasteiger partial charge in [-0.25, -0.2) is 14.1 Å². The number of allylic oxidation sites excluding steroid dienone is 1. The molecule has 186 valence electrons. The van der Waals surface area contributed by atoms with E-state index in [2.05, 4.69) is 37.5 Å². The molecule has 2 aliphatic rings. The molecule has 4 heterocycles. The number of pyridine rings is 1. The first-order valence-corrected chi connectivity index (χ1v) is 11.1. The van der Waals surface area contributed by atoms with Gasteiger partial charge in [-0.1, -0.05) is 18.2 Å². The minimum Gasteiger partial charge on any atom is -0.387 e. The summed E-state index contributed by atoms with van der Waals surface area (Å²) in [6.45, 7) is 5.42. The highest BCUT2D eigenvalue weighted by molar-refractivity contribution is 6.32. The molecule has 0 spiro atoms. The van der Waals surface area contributed by atoms with Crippen LogP contribution in [0.2, 0.25) is 5.15 Å². The molecule has 2 aromatic rings. The number of nitrogens with one attached hydrogen (secondary N) is 3. The van der Waals surface area contributed by atoms with Crippen LogP contribution in [-0.4, -0.2) is 78.5 Å². The summed E-state index contributed by atoms with van der Waals surface area (Å²) >= 11 is 6.51. The largest absolute Gasteiger partial charge is 0.416 e. The average Bonchev–Trinajstić information content (AvgIpc) is 3.10. The molecule has 4 rings (SSSR count). The van der Waals surface area contributed by atoms with Crippen LogP contribution < -0.4 is 16.0 Å². The second-order valence-corrected chi connectivity index (χ2v) is 8.59. The van der Waals surface area contributed by atoms with Gasteiger partial charge in [0, 0.05) is 38.9 Å². The van der Waals surface area contributed by atoms with Crippen molar-refractivity contribution in [2.24, 2.45) is 0 Å². The van der Waals surface area contributed by atoms with Gasteiger partial charge in [0.05, 0.1) is 48.3 Å². The monoisotopic (exact) mass is 503 g/mol. The predicted octanol–water partition coefficient (Wildman–Crippen LogP) is 4.32. The first-order valence-electron chi connectivity index (χ1n) is 10.8. The molecule has 2 atom stereocenters. The van der Waals surface area contributed by atoms with Crippen LogP contribution in [0.3, 0.4) is 0 Å². The van der Waals surface area contributed by atoms with Gasteiger partial charge in [0.25, 0.3) is 0 Å². The van der Waals surface area contributed by atoms with E-state index in [0.29, 0.717) is 31.9 Å². The third-order valence-corrected chi connectivity index (χ3v) is 6.53. The summed E-state index contributed by atoms with van der Waals surface area (Å²) in [6, 6.07) is 1.15. The van der Waals surface area contributed by atoms with Crippen LogP contribution in [0.25, 0.3) is 5.57 Å². The van der Waals surface area contributed by atoms with Crippen molar-refractivity contribution in [1.82, 2.24) is 19.7 Å². The molecular weight excluding hydrogens is 478 g/mol. The number of piperidine rings is 1. The summed E-state index contributed by atoms with van der Waals surface area (Å²) in [4.78, 5) is 6.32. The van der Waals surface area contributed by atoms with E-state index in [9.17, 15) is 17.6 Å². The molecule has 0 radical (unpaired) electrons. The highest BCUT2D eigenvalue weighted by atomic mass is 35.5. The fourth-order valence-corrected chi connectivity index (χ4v) is 4.46. The Morgan fingerprint density at radius 3 is 2.53 bits per heavy atom. The van der Waals surface area contributed by atoms with E-state index in [1.54, 1.807) is 0 Å². The molecule has 2 aliphatic heterocycles. The Hall–Kier alpha value is -2.57. The summed E-state index contributed by atoms with van der Waals surface area (Å²) in [5, 5.41) is 12.9. The van der Waals surface area contributed by atoms with Crippen molar-refractivity contribution in [3.8, 4) is 0 Å². The Kier molecular flexibility index (Phi) is 6.92. The zero-order valence-electron chi connectivity index (χ0n) is 18.7. The van der Waals surface area contributed by atoms with E-state index < -0.39 is 24.0 Å². The Bertz CT molecular complexity index is 1030. The van der Waals surface area contributed by atoms with E-state index in [0.717, 1.165) is 0 Å². The molecule has 0 bridgehead atoms. The standard InChI is InChI=1S/C21H26ClF4N7O/c1-11(21(24,25)26)18-14(27-2)6-17(31-20(18)28-3)30-15-7-29-33(19(15)22)16-4-5-32(8-13(16)23)12-9-34-10-12/h6-7,12-13,16H,1,4-5,8-10H2,2-3H3,(H3,27,28,30,31)/t13-,16-/m0/s1. The summed E-state index contributed by atoms with van der Waals surface area (Å²) in [5.41, 5.74) is -0.680. The van der Waals surface area contributed by atoms with Crippen molar-refractivity contribution in [3.05, 3.63) is 29.6 Å². The van der Waals surface area contributed by atoms with E-state index in [1.807, 2.05) is 0 Å². The molecule has 3 N–H and O–H groups in total. The summed E-state index contributed by atoms with van der Waals surface area (Å²) in [5.74, 6) is 0.210. The van der Waals surface area contributed by atoms with Gasteiger partial charge >= 0.3 is 6.18 Å². The van der Waals surface area contributed by atoms with Gasteiger partial charge < -0.3 is 20.7 Å². The number of anilines is 4. The molecular formula is C21H26ClF4N7O. The zero-order chi connectivity index (χ0) is 24.6. The van der Waals surface area contributed by atoms with Crippen molar-refractivity contribution in [2.75, 3.05) is 56.3 Å². The highest BCUT2D eigenvalue weighted by Crippen LogP contribution is 2.41. The Morgan fingerprint density at radius 1 is 1.24 bits per heavy atom. The van der Waals surface area contributed by atoms with Crippen LogP contribution in [0.5, 0.6) is 0 Å². The van der Waals surface area contributed by atoms with Crippen molar-refractivity contribution in [2.45, 2.75) is 30.9 Å². The first-order chi connectivity index (χ1) is 16.1. The summed E-state index contributed by atoms with van der Waals surface area (Å²) in [6.07, 6.45) is -3.79. The number of halogens is 5. The molecule has 0 amide bonds. The van der Waals surface area contributed by atoms with E-state index in [1.165, 1.54) is 31.0 Å². The van der Waals surface area contributed by atoms with Gasteiger partial charge in [-0.15, -0.1) is 0 Å². The van der Waals surface area contributed by atoms with E-state index in [-0.39, 0.29) is 40.6 Å². The lowest BCUT2D eigenvalue weighted by Crippen LogP contribution is -2.55. The van der Waals surface area contributed by atoms with Crippen molar-refractivity contribution in [1.29, 1.82) is 0 Å². The maximum Gasteiger partial charge on any atom is 0.416 e. The number of aromatic nitrogens is 3. The maximum atomic E-state index is 15.0. The average molecular weight is 504 g/mol. The van der Waals surface area contributed by atoms with Crippen LogP contribution in [-0.2, 0) is 4.74 Å². The zero-order valence-corrected chi connectivity index (χ0v) is 19.5. The normalized spacial score (nSPS) is 21.7. The number of nitrogens with zero attached hydrogens (tertiary/aromatic N) is 4. The number of hydrogen-bond donors (Lipinski definition) is 3. The second kappa shape index (κ2) is 9.59. The number of alkyl halides is 4. The first kappa shape index (κ1) is 24.6. The van der Waals surface area contributed by atoms with Crippen LogP contribution in [0, 0.1) is 0 Å². The molecule has 2 aromatic heterocycles. The number of hydrogen-bond acceptors (Lipinski definition) is 7. The van der Waals surface area contributed by atoms with Crippen molar-refractivity contribution in [3.63, 3.8) is 0 Å². The minimum absolute atomic E-state index is 0.0173. The second-order valence-electron chi connectivity index (χ2n) is 8.23. The molecule has 0 unspecified atom stereocenters. The molecule has 34 heavy (non-hydrogen) atoms. The molecule has 8 nitrogen and oxygen atoms in total. The fourth-order valence-electron chi connectivity index (χ4n) is 4.19. The van der Waals surface area contributed by atoms with E-state index >= 15 is 0 Å². The Morgan fingerprint density at radius 2 is 1.97 bits per heavy atom. The Labute approximate surface area is 199 Å². The van der Waals surface area contributed by atoms with E-state index in [4.69, 9.17) is 16.3 Å². The third kappa shape index (κ3) is 4.66. The van der Waals surface area contributed by atoms with Gasteiger partial charge in [0.15, 0.2) is 5.15 Å². The lowest BCUT2D eigenvalue weighted by molar-refractivity contribution is -0.0847. The van der Waals surface area contributed by atoms with Gasteiger partial charge in [-0.3, -0.25) is 4.90 Å². The van der Waals surface area contributed by atoms with Crippen LogP contribution in [0.15, 0.2) is 18.8 Å². The lowest BCUT2D eigenvalue weighted by atomic mass is 10.0. The third-order valence-electron chi connectivity index (χ3n) is 6.16. The molecule has 13 heteroatoms. The smallest absolute Gasteiger partial charge is 0.387 e. The van der Waals surface area contributed by atoms with Gasteiger partial charge in [0.1, 0.15) is 17.8 Å². The quantitative estimate of drug-likeness (QED) is 0.486. The lowest BCUT2D eigenvalue weighted by Gasteiger charge is -2.42. The minimum atomic E-state index is -4.62. The summed E-state index contributed by atoms with van der Waals surface area (Å²) in [7, 11) is 2.97. The summed E-state index contributed by atoms with van der Waals surface area (Å²) < 4.78 is 61.5. The fraction of sp³-hybridized carbons (Fsp3) is 0.524. The molecule has 2 fully saturated rings. The molecule has 0 aliphatic carbocycles. The molecule has 0 saturated carbocycles. The SMILES string of the molecule is C=C(c1c(NC)cc(Nc2cnn([C@H]3CCN(C4COC4)C[C@@H]3F)c2Cl)nc1NC)C(F)(F)F. The van der Waals surface area contributed by atoms with Crippen LogP contribution in [0.4, 0.5) is 40.6 Å². The Balaban J connectivity index is 1.55. The predicted molar refractivity (Wildman–Crippen MR) is 124 cm³/mol. The highest BCUT2D eigenvalue weighted by Gasteiger charge is 2.38. The maximum absolute atomic E-state index is 15.0.